The zero-order valence-corrected chi connectivity index (χ0v) is 12.9. The van der Waals surface area contributed by atoms with Crippen LogP contribution in [0.1, 0.15) is 51.7 Å². The van der Waals surface area contributed by atoms with Gasteiger partial charge in [0.1, 0.15) is 0 Å². The molecule has 18 heavy (non-hydrogen) atoms. The Bertz CT molecular complexity index is 525. The molecule has 0 aliphatic rings. The highest BCUT2D eigenvalue weighted by Crippen LogP contribution is 2.27. The monoisotopic (exact) mass is 269 g/mol. The lowest BCUT2D eigenvalue weighted by atomic mass is 10.0. The van der Waals surface area contributed by atoms with Gasteiger partial charge in [0.25, 0.3) is 0 Å². The highest BCUT2D eigenvalue weighted by Gasteiger charge is 2.26. The molecule has 0 saturated heterocycles. The predicted octanol–water partition coefficient (Wildman–Crippen LogP) is 3.20. The second-order valence-electron chi connectivity index (χ2n) is 6.00. The lowest BCUT2D eigenvalue weighted by Gasteiger charge is -2.23. The summed E-state index contributed by atoms with van der Waals surface area (Å²) in [4.78, 5) is 0.426. The highest BCUT2D eigenvalue weighted by molar-refractivity contribution is 7.89. The van der Waals surface area contributed by atoms with Gasteiger partial charge in [-0.15, -0.1) is 0 Å². The molecule has 1 aromatic carbocycles. The molecule has 4 heteroatoms. The minimum Gasteiger partial charge on any atom is -0.207 e. The molecule has 0 fully saturated rings. The van der Waals surface area contributed by atoms with E-state index in [1.165, 1.54) is 0 Å². The third-order valence-corrected chi connectivity index (χ3v) is 4.55. The Kier molecular flexibility index (Phi) is 4.23. The van der Waals surface area contributed by atoms with Crippen molar-refractivity contribution >= 4 is 10.0 Å². The molecular weight excluding hydrogens is 246 g/mol. The number of benzene rings is 1. The van der Waals surface area contributed by atoms with Crippen molar-refractivity contribution < 1.29 is 8.42 Å². The van der Waals surface area contributed by atoms with Crippen LogP contribution in [0.25, 0.3) is 0 Å². The molecular formula is C14H23NO2S. The molecule has 1 aromatic rings. The Balaban J connectivity index is 3.41. The van der Waals surface area contributed by atoms with Gasteiger partial charge >= 0.3 is 0 Å². The smallest absolute Gasteiger partial charge is 0.207 e. The van der Waals surface area contributed by atoms with Crippen LogP contribution in [-0.2, 0) is 10.0 Å². The summed E-state index contributed by atoms with van der Waals surface area (Å²) in [6, 6.07) is 5.62. The molecule has 1 rings (SSSR count). The van der Waals surface area contributed by atoms with Crippen molar-refractivity contribution in [1.82, 2.24) is 4.72 Å². The van der Waals surface area contributed by atoms with Crippen LogP contribution in [0.3, 0.4) is 0 Å². The number of nitrogens with one attached hydrogen (secondary N) is 1. The van der Waals surface area contributed by atoms with E-state index in [4.69, 9.17) is 0 Å². The van der Waals surface area contributed by atoms with Crippen LogP contribution in [0.4, 0.5) is 0 Å². The predicted molar refractivity (Wildman–Crippen MR) is 75.3 cm³/mol. The van der Waals surface area contributed by atoms with Crippen LogP contribution < -0.4 is 4.72 Å². The van der Waals surface area contributed by atoms with Gasteiger partial charge in [0, 0.05) is 5.54 Å². The minimum atomic E-state index is -3.47. The summed E-state index contributed by atoms with van der Waals surface area (Å²) in [7, 11) is -3.47. The van der Waals surface area contributed by atoms with Crippen LogP contribution >= 0.6 is 0 Å². The molecule has 0 atom stereocenters. The third-order valence-electron chi connectivity index (χ3n) is 2.57. The van der Waals surface area contributed by atoms with Gasteiger partial charge in [0.05, 0.1) is 4.90 Å². The van der Waals surface area contributed by atoms with E-state index in [1.807, 2.05) is 59.7 Å². The maximum Gasteiger partial charge on any atom is 0.241 e. The van der Waals surface area contributed by atoms with Gasteiger partial charge in [-0.25, -0.2) is 13.1 Å². The summed E-state index contributed by atoms with van der Waals surface area (Å²) in [6.07, 6.45) is 0. The van der Waals surface area contributed by atoms with E-state index in [9.17, 15) is 8.42 Å². The number of rotatable bonds is 3. The topological polar surface area (TPSA) is 46.2 Å². The molecule has 0 saturated carbocycles. The largest absolute Gasteiger partial charge is 0.241 e. The number of sulfonamides is 1. The van der Waals surface area contributed by atoms with E-state index in [0.717, 1.165) is 11.1 Å². The second kappa shape index (κ2) is 5.02. The maximum atomic E-state index is 12.5. The summed E-state index contributed by atoms with van der Waals surface area (Å²) in [6.45, 7) is 11.4. The zero-order valence-electron chi connectivity index (χ0n) is 12.0. The number of aryl methyl sites for hydroxylation is 1. The Morgan fingerprint density at radius 2 is 1.72 bits per heavy atom. The average molecular weight is 269 g/mol. The summed E-state index contributed by atoms with van der Waals surface area (Å²) < 4.78 is 27.7. The molecule has 102 valence electrons. The fourth-order valence-electron chi connectivity index (χ4n) is 1.95. The average Bonchev–Trinajstić information content (AvgIpc) is 2.12. The molecule has 0 aliphatic carbocycles. The van der Waals surface area contributed by atoms with Crippen molar-refractivity contribution in [2.45, 2.75) is 57.9 Å². The molecule has 0 aromatic heterocycles. The summed E-state index contributed by atoms with van der Waals surface area (Å²) in [5.74, 6) is 0.177. The van der Waals surface area contributed by atoms with Crippen molar-refractivity contribution in [3.05, 3.63) is 29.3 Å². The first kappa shape index (κ1) is 15.2. The van der Waals surface area contributed by atoms with Crippen LogP contribution in [0.15, 0.2) is 23.1 Å². The van der Waals surface area contributed by atoms with Crippen LogP contribution in [0.5, 0.6) is 0 Å². The van der Waals surface area contributed by atoms with Gasteiger partial charge in [0.15, 0.2) is 0 Å². The fourth-order valence-corrected chi connectivity index (χ4v) is 3.97. The molecule has 0 radical (unpaired) electrons. The summed E-state index contributed by atoms with van der Waals surface area (Å²) >= 11 is 0. The minimum absolute atomic E-state index is 0.177. The van der Waals surface area contributed by atoms with Gasteiger partial charge < -0.3 is 0 Å². The van der Waals surface area contributed by atoms with Crippen molar-refractivity contribution in [2.75, 3.05) is 0 Å². The van der Waals surface area contributed by atoms with Crippen LogP contribution in [-0.4, -0.2) is 14.0 Å². The lowest BCUT2D eigenvalue weighted by Crippen LogP contribution is -2.41. The van der Waals surface area contributed by atoms with Gasteiger partial charge in [-0.2, -0.15) is 0 Å². The standard InChI is InChI=1S/C14H23NO2S/c1-10(2)12-9-7-8-11(3)13(12)18(16,17)15-14(4,5)6/h7-10,15H,1-6H3. The quantitative estimate of drug-likeness (QED) is 0.916. The normalized spacial score (nSPS) is 13.1. The molecule has 0 spiro atoms. The molecule has 1 N–H and O–H groups in total. The van der Waals surface area contributed by atoms with Crippen molar-refractivity contribution in [3.63, 3.8) is 0 Å². The summed E-state index contributed by atoms with van der Waals surface area (Å²) in [5, 5.41) is 0. The van der Waals surface area contributed by atoms with E-state index >= 15 is 0 Å². The van der Waals surface area contributed by atoms with Gasteiger partial charge in [-0.1, -0.05) is 32.0 Å². The SMILES string of the molecule is Cc1cccc(C(C)C)c1S(=O)(=O)NC(C)(C)C. The number of hydrogen-bond acceptors (Lipinski definition) is 2. The fraction of sp³-hybridized carbons (Fsp3) is 0.571. The Morgan fingerprint density at radius 1 is 1.17 bits per heavy atom. The summed E-state index contributed by atoms with van der Waals surface area (Å²) in [5.41, 5.74) is 1.18. The molecule has 0 unspecified atom stereocenters. The van der Waals surface area contributed by atoms with Crippen molar-refractivity contribution in [3.8, 4) is 0 Å². The molecule has 0 amide bonds. The molecule has 0 aliphatic heterocycles. The van der Waals surface area contributed by atoms with E-state index in [2.05, 4.69) is 4.72 Å². The first-order chi connectivity index (χ1) is 8.04. The van der Waals surface area contributed by atoms with Gasteiger partial charge in [-0.3, -0.25) is 0 Å². The third kappa shape index (κ3) is 3.56. The van der Waals surface area contributed by atoms with Gasteiger partial charge in [0.2, 0.25) is 10.0 Å². The van der Waals surface area contributed by atoms with Crippen LogP contribution in [0.2, 0.25) is 0 Å². The zero-order chi connectivity index (χ0) is 14.1. The lowest BCUT2D eigenvalue weighted by molar-refractivity contribution is 0.490. The van der Waals surface area contributed by atoms with E-state index < -0.39 is 15.6 Å². The molecule has 0 bridgehead atoms. The first-order valence-corrected chi connectivity index (χ1v) is 7.66. The van der Waals surface area contributed by atoms with E-state index in [-0.39, 0.29) is 5.92 Å². The highest BCUT2D eigenvalue weighted by atomic mass is 32.2. The maximum absolute atomic E-state index is 12.5. The Hall–Kier alpha value is -0.870. The first-order valence-electron chi connectivity index (χ1n) is 6.18. The second-order valence-corrected chi connectivity index (χ2v) is 7.62. The van der Waals surface area contributed by atoms with Crippen molar-refractivity contribution in [1.29, 1.82) is 0 Å². The van der Waals surface area contributed by atoms with Gasteiger partial charge in [-0.05, 0) is 44.7 Å². The van der Waals surface area contributed by atoms with Crippen LogP contribution in [0, 0.1) is 6.92 Å². The van der Waals surface area contributed by atoms with Crippen molar-refractivity contribution in [2.24, 2.45) is 0 Å². The molecule has 3 nitrogen and oxygen atoms in total. The van der Waals surface area contributed by atoms with E-state index in [0.29, 0.717) is 4.90 Å². The van der Waals surface area contributed by atoms with E-state index in [1.54, 1.807) is 0 Å². The Morgan fingerprint density at radius 3 is 2.17 bits per heavy atom. The molecule has 0 heterocycles. The Labute approximate surface area is 111 Å². The number of hydrogen-bond donors (Lipinski definition) is 1.